The van der Waals surface area contributed by atoms with E-state index in [1.807, 2.05) is 0 Å². The van der Waals surface area contributed by atoms with Crippen molar-refractivity contribution in [1.82, 2.24) is 9.97 Å². The number of rotatable bonds is 4. The third-order valence-electron chi connectivity index (χ3n) is 4.41. The molecule has 2 heterocycles. The van der Waals surface area contributed by atoms with E-state index in [4.69, 9.17) is 14.2 Å². The third kappa shape index (κ3) is 3.40. The summed E-state index contributed by atoms with van der Waals surface area (Å²) in [6, 6.07) is 6.48. The van der Waals surface area contributed by atoms with Crippen molar-refractivity contribution >= 4 is 11.9 Å². The summed E-state index contributed by atoms with van der Waals surface area (Å²) in [6.07, 6.45) is 0. The lowest BCUT2D eigenvalue weighted by molar-refractivity contribution is -0.139. The molecule has 0 saturated carbocycles. The van der Waals surface area contributed by atoms with E-state index < -0.39 is 23.4 Å². The second-order valence-electron chi connectivity index (χ2n) is 6.21. The monoisotopic (exact) mass is 384 g/mol. The molecular formula is C20H20N2O6. The number of H-pyrrole nitrogens is 1. The molecule has 1 aliphatic rings. The molecule has 0 radical (unpaired) electrons. The molecule has 1 unspecified atom stereocenters. The average molecular weight is 384 g/mol. The number of esters is 2. The van der Waals surface area contributed by atoms with E-state index in [2.05, 4.69) is 9.97 Å². The Morgan fingerprint density at radius 3 is 2.46 bits per heavy atom. The van der Waals surface area contributed by atoms with E-state index in [1.54, 1.807) is 45.0 Å². The van der Waals surface area contributed by atoms with E-state index in [9.17, 15) is 14.4 Å². The van der Waals surface area contributed by atoms with Gasteiger partial charge in [0.1, 0.15) is 11.6 Å². The molecule has 0 fully saturated rings. The fraction of sp³-hybridized carbons (Fsp3) is 0.300. The Hall–Kier alpha value is -3.42. The van der Waals surface area contributed by atoms with Gasteiger partial charge in [-0.15, -0.1) is 0 Å². The van der Waals surface area contributed by atoms with Crippen LogP contribution in [0.2, 0.25) is 0 Å². The Labute approximate surface area is 161 Å². The molecule has 8 heteroatoms. The molecule has 3 rings (SSSR count). The van der Waals surface area contributed by atoms with Crippen LogP contribution in [0.15, 0.2) is 40.4 Å². The number of aryl methyl sites for hydroxylation is 1. The third-order valence-corrected chi connectivity index (χ3v) is 4.41. The minimum Gasteiger partial charge on any atom is -0.465 e. The summed E-state index contributed by atoms with van der Waals surface area (Å²) in [6.45, 7) is 5.15. The Morgan fingerprint density at radius 2 is 1.86 bits per heavy atom. The topological polar surface area (TPSA) is 108 Å². The molecule has 1 aromatic heterocycles. The number of methoxy groups -OCH3 is 1. The number of nitrogens with zero attached hydrogens (tertiary/aromatic N) is 1. The van der Waals surface area contributed by atoms with Crippen molar-refractivity contribution in [3.05, 3.63) is 68.5 Å². The standard InChI is InChI=1S/C20H20N2O6/c1-5-27-20(25)14-10(2)28-18-16(17(23)21-11(3)22-18)15(14)12-6-8-13(9-7-12)19(24)26-4/h6-9,15H,5H2,1-4H3,(H,21,22,23). The molecule has 0 saturated heterocycles. The Bertz CT molecular complexity index is 1020. The van der Waals surface area contributed by atoms with Gasteiger partial charge in [-0.2, -0.15) is 4.98 Å². The molecule has 2 aromatic rings. The van der Waals surface area contributed by atoms with Crippen molar-refractivity contribution in [2.24, 2.45) is 0 Å². The number of benzene rings is 1. The summed E-state index contributed by atoms with van der Waals surface area (Å²) in [5.74, 6) is -0.944. The predicted octanol–water partition coefficient (Wildman–Crippen LogP) is 2.23. The van der Waals surface area contributed by atoms with Gasteiger partial charge in [0.15, 0.2) is 0 Å². The quantitative estimate of drug-likeness (QED) is 0.805. The van der Waals surface area contributed by atoms with Crippen LogP contribution in [0.25, 0.3) is 0 Å². The average Bonchev–Trinajstić information content (AvgIpc) is 2.66. The molecule has 0 spiro atoms. The van der Waals surface area contributed by atoms with Gasteiger partial charge >= 0.3 is 11.9 Å². The van der Waals surface area contributed by atoms with E-state index in [0.29, 0.717) is 22.7 Å². The molecule has 0 bridgehead atoms. The number of carbonyl (C=O) groups excluding carboxylic acids is 2. The lowest BCUT2D eigenvalue weighted by Crippen LogP contribution is -2.30. The molecule has 0 aliphatic carbocycles. The van der Waals surface area contributed by atoms with E-state index in [-0.39, 0.29) is 23.6 Å². The molecule has 1 N–H and O–H groups in total. The van der Waals surface area contributed by atoms with Crippen LogP contribution in [-0.2, 0) is 14.3 Å². The lowest BCUT2D eigenvalue weighted by atomic mass is 9.83. The molecule has 1 aromatic carbocycles. The highest BCUT2D eigenvalue weighted by molar-refractivity contribution is 5.93. The zero-order valence-corrected chi connectivity index (χ0v) is 16.0. The molecule has 28 heavy (non-hydrogen) atoms. The number of fused-ring (bicyclic) bond motifs is 1. The van der Waals surface area contributed by atoms with Gasteiger partial charge in [-0.3, -0.25) is 4.79 Å². The Morgan fingerprint density at radius 1 is 1.18 bits per heavy atom. The number of hydrogen-bond donors (Lipinski definition) is 1. The number of ether oxygens (including phenoxy) is 3. The first-order valence-electron chi connectivity index (χ1n) is 8.72. The first-order chi connectivity index (χ1) is 13.4. The van der Waals surface area contributed by atoms with Crippen molar-refractivity contribution in [3.63, 3.8) is 0 Å². The van der Waals surface area contributed by atoms with Crippen molar-refractivity contribution < 1.29 is 23.8 Å². The van der Waals surface area contributed by atoms with Crippen LogP contribution >= 0.6 is 0 Å². The number of hydrogen-bond acceptors (Lipinski definition) is 7. The molecular weight excluding hydrogens is 364 g/mol. The SMILES string of the molecule is CCOC(=O)C1=C(C)Oc2nc(C)[nH]c(=O)c2C1c1ccc(C(=O)OC)cc1. The molecule has 1 atom stereocenters. The van der Waals surface area contributed by atoms with E-state index in [0.717, 1.165) is 0 Å². The highest BCUT2D eigenvalue weighted by Gasteiger charge is 2.37. The van der Waals surface area contributed by atoms with Crippen molar-refractivity contribution in [1.29, 1.82) is 0 Å². The summed E-state index contributed by atoms with van der Waals surface area (Å²) >= 11 is 0. The van der Waals surface area contributed by atoms with Crippen LogP contribution in [0.3, 0.4) is 0 Å². The summed E-state index contributed by atoms with van der Waals surface area (Å²) in [4.78, 5) is 44.0. The van der Waals surface area contributed by atoms with E-state index in [1.165, 1.54) is 7.11 Å². The van der Waals surface area contributed by atoms with Crippen LogP contribution < -0.4 is 10.3 Å². The van der Waals surface area contributed by atoms with Gasteiger partial charge in [0.25, 0.3) is 5.56 Å². The van der Waals surface area contributed by atoms with Crippen molar-refractivity contribution in [2.75, 3.05) is 13.7 Å². The highest BCUT2D eigenvalue weighted by Crippen LogP contribution is 2.40. The van der Waals surface area contributed by atoms with Gasteiger partial charge in [0, 0.05) is 0 Å². The van der Waals surface area contributed by atoms with Gasteiger partial charge in [-0.25, -0.2) is 9.59 Å². The molecule has 0 amide bonds. The van der Waals surface area contributed by atoms with Gasteiger partial charge in [0.2, 0.25) is 5.88 Å². The van der Waals surface area contributed by atoms with Gasteiger partial charge in [-0.05, 0) is 38.5 Å². The van der Waals surface area contributed by atoms with Crippen molar-refractivity contribution in [3.8, 4) is 5.88 Å². The minimum atomic E-state index is -0.744. The second kappa shape index (κ2) is 7.67. The smallest absolute Gasteiger partial charge is 0.338 e. The summed E-state index contributed by atoms with van der Waals surface area (Å²) in [5.41, 5.74) is 1.00. The second-order valence-corrected chi connectivity index (χ2v) is 6.21. The van der Waals surface area contributed by atoms with Crippen LogP contribution in [0.1, 0.15) is 47.1 Å². The van der Waals surface area contributed by atoms with E-state index >= 15 is 0 Å². The Balaban J connectivity index is 2.20. The summed E-state index contributed by atoms with van der Waals surface area (Å²) < 4.78 is 15.6. The normalized spacial score (nSPS) is 15.5. The summed E-state index contributed by atoms with van der Waals surface area (Å²) in [7, 11) is 1.30. The van der Waals surface area contributed by atoms with Gasteiger partial charge in [-0.1, -0.05) is 12.1 Å². The summed E-state index contributed by atoms with van der Waals surface area (Å²) in [5, 5.41) is 0. The van der Waals surface area contributed by atoms with Crippen LogP contribution in [-0.4, -0.2) is 35.6 Å². The number of allylic oxidation sites excluding steroid dienone is 1. The fourth-order valence-corrected chi connectivity index (χ4v) is 3.18. The maximum atomic E-state index is 12.7. The first kappa shape index (κ1) is 19.3. The van der Waals surface area contributed by atoms with Crippen LogP contribution in [0, 0.1) is 6.92 Å². The number of aromatic amines is 1. The van der Waals surface area contributed by atoms with Gasteiger partial charge < -0.3 is 19.2 Å². The maximum Gasteiger partial charge on any atom is 0.338 e. The Kier molecular flexibility index (Phi) is 5.30. The molecule has 8 nitrogen and oxygen atoms in total. The molecule has 146 valence electrons. The number of nitrogens with one attached hydrogen (secondary N) is 1. The zero-order valence-electron chi connectivity index (χ0n) is 16.0. The fourth-order valence-electron chi connectivity index (χ4n) is 3.18. The highest BCUT2D eigenvalue weighted by atomic mass is 16.5. The van der Waals surface area contributed by atoms with Crippen LogP contribution in [0.5, 0.6) is 5.88 Å². The van der Waals surface area contributed by atoms with Crippen molar-refractivity contribution in [2.45, 2.75) is 26.7 Å². The molecule has 1 aliphatic heterocycles. The first-order valence-corrected chi connectivity index (χ1v) is 8.72. The zero-order chi connectivity index (χ0) is 20.4. The van der Waals surface area contributed by atoms with Crippen LogP contribution in [0.4, 0.5) is 0 Å². The largest absolute Gasteiger partial charge is 0.465 e. The lowest BCUT2D eigenvalue weighted by Gasteiger charge is -2.27. The minimum absolute atomic E-state index is 0.147. The van der Waals surface area contributed by atoms with Gasteiger partial charge in [0.05, 0.1) is 36.3 Å². The predicted molar refractivity (Wildman–Crippen MR) is 99.2 cm³/mol. The number of carbonyl (C=O) groups is 2. The maximum absolute atomic E-state index is 12.7. The number of aromatic nitrogens is 2.